The van der Waals surface area contributed by atoms with E-state index in [1.807, 2.05) is 26.0 Å². The van der Waals surface area contributed by atoms with Crippen LogP contribution < -0.4 is 4.72 Å². The van der Waals surface area contributed by atoms with Crippen LogP contribution in [0.1, 0.15) is 24.3 Å². The van der Waals surface area contributed by atoms with Gasteiger partial charge in [-0.1, -0.05) is 18.2 Å². The van der Waals surface area contributed by atoms with Crippen LogP contribution in [-0.4, -0.2) is 25.8 Å². The molecule has 2 aromatic rings. The van der Waals surface area contributed by atoms with E-state index in [1.54, 1.807) is 29.2 Å². The third-order valence-electron chi connectivity index (χ3n) is 3.43. The molecule has 124 valence electrons. The Balaban J connectivity index is 2.29. The van der Waals surface area contributed by atoms with Gasteiger partial charge in [0.1, 0.15) is 4.21 Å². The Labute approximate surface area is 141 Å². The van der Waals surface area contributed by atoms with E-state index < -0.39 is 10.0 Å². The number of rotatable bonds is 6. The van der Waals surface area contributed by atoms with Crippen molar-refractivity contribution in [3.05, 3.63) is 46.8 Å². The first-order chi connectivity index (χ1) is 10.8. The van der Waals surface area contributed by atoms with Crippen molar-refractivity contribution in [1.82, 2.24) is 4.90 Å². The second kappa shape index (κ2) is 7.14. The zero-order valence-electron chi connectivity index (χ0n) is 13.4. The number of aryl methyl sites for hydroxylation is 1. The number of benzene rings is 1. The number of nitrogens with one attached hydrogen (secondary N) is 1. The fourth-order valence-corrected chi connectivity index (χ4v) is 4.54. The van der Waals surface area contributed by atoms with E-state index in [0.29, 0.717) is 18.8 Å². The summed E-state index contributed by atoms with van der Waals surface area (Å²) in [6.07, 6.45) is 0. The van der Waals surface area contributed by atoms with Crippen molar-refractivity contribution in [3.63, 3.8) is 0 Å². The van der Waals surface area contributed by atoms with Crippen LogP contribution in [0.5, 0.6) is 0 Å². The number of anilines is 1. The van der Waals surface area contributed by atoms with E-state index in [2.05, 4.69) is 4.72 Å². The van der Waals surface area contributed by atoms with E-state index >= 15 is 0 Å². The average molecular weight is 352 g/mol. The molecule has 0 aliphatic carbocycles. The Morgan fingerprint density at radius 3 is 2.48 bits per heavy atom. The molecule has 7 heteroatoms. The van der Waals surface area contributed by atoms with Crippen LogP contribution in [0.2, 0.25) is 0 Å². The largest absolute Gasteiger partial charge is 0.339 e. The zero-order valence-corrected chi connectivity index (χ0v) is 15.0. The Kier molecular flexibility index (Phi) is 5.43. The highest BCUT2D eigenvalue weighted by molar-refractivity contribution is 7.94. The van der Waals surface area contributed by atoms with E-state index in [0.717, 1.165) is 10.4 Å². The number of carbonyl (C=O) groups excluding carboxylic acids is 1. The number of para-hydroxylation sites is 1. The summed E-state index contributed by atoms with van der Waals surface area (Å²) in [4.78, 5) is 14.2. The maximum Gasteiger partial charge on any atom is 0.271 e. The minimum absolute atomic E-state index is 0.0426. The second-order valence-electron chi connectivity index (χ2n) is 5.16. The summed E-state index contributed by atoms with van der Waals surface area (Å²) in [6, 6.07) is 10.5. The Bertz CT molecular complexity index is 797. The monoisotopic (exact) mass is 352 g/mol. The summed E-state index contributed by atoms with van der Waals surface area (Å²) in [7, 11) is -3.61. The molecule has 1 aromatic carbocycles. The van der Waals surface area contributed by atoms with Crippen LogP contribution in [0.25, 0.3) is 0 Å². The first-order valence-electron chi connectivity index (χ1n) is 7.26. The minimum Gasteiger partial charge on any atom is -0.339 e. The first-order valence-corrected chi connectivity index (χ1v) is 9.56. The summed E-state index contributed by atoms with van der Waals surface area (Å²) >= 11 is 1.23. The number of carbonyl (C=O) groups is 1. The topological polar surface area (TPSA) is 66.5 Å². The van der Waals surface area contributed by atoms with Crippen LogP contribution in [0.4, 0.5) is 5.69 Å². The van der Waals surface area contributed by atoms with Crippen LogP contribution in [0, 0.1) is 6.92 Å². The van der Waals surface area contributed by atoms with Crippen molar-refractivity contribution in [2.45, 2.75) is 31.5 Å². The van der Waals surface area contributed by atoms with E-state index in [-0.39, 0.29) is 10.1 Å². The average Bonchev–Trinajstić information content (AvgIpc) is 2.93. The van der Waals surface area contributed by atoms with Gasteiger partial charge in [-0.15, -0.1) is 11.3 Å². The molecule has 0 saturated carbocycles. The van der Waals surface area contributed by atoms with Gasteiger partial charge in [0.15, 0.2) is 0 Å². The predicted molar refractivity (Wildman–Crippen MR) is 93.1 cm³/mol. The van der Waals surface area contributed by atoms with Crippen molar-refractivity contribution in [3.8, 4) is 0 Å². The van der Waals surface area contributed by atoms with Gasteiger partial charge in [0.25, 0.3) is 10.0 Å². The first kappa shape index (κ1) is 17.5. The molecule has 5 nitrogen and oxygen atoms in total. The fraction of sp³-hybridized carbons (Fsp3) is 0.312. The second-order valence-corrected chi connectivity index (χ2v) is 8.36. The van der Waals surface area contributed by atoms with Crippen LogP contribution >= 0.6 is 11.3 Å². The zero-order chi connectivity index (χ0) is 17.0. The van der Waals surface area contributed by atoms with E-state index in [1.165, 1.54) is 18.3 Å². The lowest BCUT2D eigenvalue weighted by Gasteiger charge is -2.21. The Hall–Kier alpha value is -1.86. The molecule has 1 aromatic heterocycles. The van der Waals surface area contributed by atoms with Crippen molar-refractivity contribution >= 4 is 33.0 Å². The molecule has 0 radical (unpaired) electrons. The Morgan fingerprint density at radius 1 is 1.22 bits per heavy atom. The van der Waals surface area contributed by atoms with Gasteiger partial charge in [-0.2, -0.15) is 0 Å². The minimum atomic E-state index is -3.61. The van der Waals surface area contributed by atoms with E-state index in [9.17, 15) is 13.2 Å². The number of hydrogen-bond donors (Lipinski definition) is 1. The molecule has 1 amide bonds. The van der Waals surface area contributed by atoms with Gasteiger partial charge in [0.05, 0.1) is 5.69 Å². The highest BCUT2D eigenvalue weighted by atomic mass is 32.2. The Morgan fingerprint density at radius 2 is 1.91 bits per heavy atom. The third-order valence-corrected chi connectivity index (χ3v) is 6.29. The number of amides is 1. The molecule has 1 heterocycles. The summed E-state index contributed by atoms with van der Waals surface area (Å²) in [6.45, 7) is 6.20. The maximum atomic E-state index is 12.5. The molecule has 0 unspecified atom stereocenters. The number of thiophene rings is 1. The summed E-state index contributed by atoms with van der Waals surface area (Å²) in [5, 5.41) is 0. The maximum absolute atomic E-state index is 12.5. The summed E-state index contributed by atoms with van der Waals surface area (Å²) in [5.41, 5.74) is 1.26. The highest BCUT2D eigenvalue weighted by Crippen LogP contribution is 2.25. The molecular formula is C16H20N2O3S2. The lowest BCUT2D eigenvalue weighted by molar-refractivity contribution is -0.129. The normalized spacial score (nSPS) is 11.3. The predicted octanol–water partition coefficient (Wildman–Crippen LogP) is 3.23. The van der Waals surface area contributed by atoms with Gasteiger partial charge in [0.2, 0.25) is 5.91 Å². The number of hydrogen-bond acceptors (Lipinski definition) is 4. The highest BCUT2D eigenvalue weighted by Gasteiger charge is 2.18. The lowest BCUT2D eigenvalue weighted by atomic mass is 10.1. The number of nitrogens with zero attached hydrogens (tertiary/aromatic N) is 1. The molecule has 0 bridgehead atoms. The van der Waals surface area contributed by atoms with Crippen molar-refractivity contribution in [2.24, 2.45) is 0 Å². The van der Waals surface area contributed by atoms with Gasteiger partial charge in [-0.3, -0.25) is 9.52 Å². The van der Waals surface area contributed by atoms with Crippen LogP contribution in [-0.2, 0) is 21.4 Å². The lowest BCUT2D eigenvalue weighted by Crippen LogP contribution is -2.28. The van der Waals surface area contributed by atoms with Crippen molar-refractivity contribution < 1.29 is 13.2 Å². The van der Waals surface area contributed by atoms with Crippen molar-refractivity contribution in [2.75, 3.05) is 11.3 Å². The van der Waals surface area contributed by atoms with Crippen molar-refractivity contribution in [1.29, 1.82) is 0 Å². The molecule has 0 fully saturated rings. The molecule has 1 N–H and O–H groups in total. The van der Waals surface area contributed by atoms with Gasteiger partial charge >= 0.3 is 0 Å². The smallest absolute Gasteiger partial charge is 0.271 e. The quantitative estimate of drug-likeness (QED) is 0.868. The summed E-state index contributed by atoms with van der Waals surface area (Å²) in [5.74, 6) is -0.0426. The fourth-order valence-electron chi connectivity index (χ4n) is 2.16. The van der Waals surface area contributed by atoms with E-state index in [4.69, 9.17) is 0 Å². The molecular weight excluding hydrogens is 332 g/mol. The molecule has 2 rings (SSSR count). The van der Waals surface area contributed by atoms with Gasteiger partial charge in [0, 0.05) is 24.9 Å². The molecule has 0 saturated heterocycles. The molecule has 0 aliphatic heterocycles. The molecule has 0 spiro atoms. The van der Waals surface area contributed by atoms with Gasteiger partial charge in [-0.25, -0.2) is 8.42 Å². The SMILES string of the molecule is CCN(Cc1ccccc1NS(=O)(=O)c1ccc(C)s1)C(C)=O. The standard InChI is InChI=1S/C16H20N2O3S2/c1-4-18(13(3)19)11-14-7-5-6-8-15(14)17-23(20,21)16-10-9-12(2)22-16/h5-10,17H,4,11H2,1-3H3. The molecule has 23 heavy (non-hydrogen) atoms. The number of sulfonamides is 1. The third kappa shape index (κ3) is 4.33. The molecule has 0 atom stereocenters. The van der Waals surface area contributed by atoms with Crippen LogP contribution in [0.15, 0.2) is 40.6 Å². The van der Waals surface area contributed by atoms with Gasteiger partial charge < -0.3 is 4.90 Å². The van der Waals surface area contributed by atoms with Gasteiger partial charge in [-0.05, 0) is 37.6 Å². The van der Waals surface area contributed by atoms with Crippen LogP contribution in [0.3, 0.4) is 0 Å². The molecule has 0 aliphatic rings. The summed E-state index contributed by atoms with van der Waals surface area (Å²) < 4.78 is 27.9.